The van der Waals surface area contributed by atoms with Gasteiger partial charge in [0.15, 0.2) is 0 Å². The van der Waals surface area contributed by atoms with E-state index in [9.17, 15) is 4.79 Å². The van der Waals surface area contributed by atoms with Gasteiger partial charge in [0.25, 0.3) is 5.91 Å². The molecule has 84 valence electrons. The Morgan fingerprint density at radius 1 is 1.75 bits per heavy atom. The molecule has 0 aliphatic heterocycles. The van der Waals surface area contributed by atoms with Crippen LogP contribution in [0.1, 0.15) is 23.7 Å². The second-order valence-electron chi connectivity index (χ2n) is 3.49. The van der Waals surface area contributed by atoms with E-state index < -0.39 is 0 Å². The molecule has 0 bridgehead atoms. The predicted molar refractivity (Wildman–Crippen MR) is 61.0 cm³/mol. The zero-order valence-corrected chi connectivity index (χ0v) is 9.90. The van der Waals surface area contributed by atoms with Gasteiger partial charge in [-0.15, -0.1) is 0 Å². The Hall–Kier alpha value is -1.60. The maximum Gasteiger partial charge on any atom is 0.254 e. The summed E-state index contributed by atoms with van der Waals surface area (Å²) in [5.74, 6) is -0.160. The van der Waals surface area contributed by atoms with Crippen LogP contribution in [0.5, 0.6) is 0 Å². The fourth-order valence-corrected chi connectivity index (χ4v) is 1.38. The summed E-state index contributed by atoms with van der Waals surface area (Å²) in [5, 5.41) is 8.85. The molecule has 1 heterocycles. The lowest BCUT2D eigenvalue weighted by atomic mass is 10.2. The highest BCUT2D eigenvalue weighted by atomic mass is 35.5. The van der Waals surface area contributed by atoms with Gasteiger partial charge in [-0.3, -0.25) is 4.79 Å². The van der Waals surface area contributed by atoms with Crippen molar-refractivity contribution in [3.05, 3.63) is 29.0 Å². The molecule has 0 aliphatic carbocycles. The third-order valence-corrected chi connectivity index (χ3v) is 2.55. The second kappa shape index (κ2) is 5.47. The summed E-state index contributed by atoms with van der Waals surface area (Å²) < 4.78 is 0. The molecule has 1 aromatic rings. The van der Waals surface area contributed by atoms with E-state index in [0.717, 1.165) is 0 Å². The van der Waals surface area contributed by atoms with Crippen molar-refractivity contribution in [2.45, 2.75) is 19.4 Å². The number of rotatable bonds is 3. The topological polar surface area (TPSA) is 57.0 Å². The van der Waals surface area contributed by atoms with Gasteiger partial charge in [-0.05, 0) is 19.1 Å². The van der Waals surface area contributed by atoms with Crippen molar-refractivity contribution in [3.63, 3.8) is 0 Å². The number of carbonyl (C=O) groups is 1. The lowest BCUT2D eigenvalue weighted by Crippen LogP contribution is -2.34. The number of carbonyl (C=O) groups excluding carboxylic acids is 1. The molecule has 1 aromatic heterocycles. The van der Waals surface area contributed by atoms with Gasteiger partial charge in [0.05, 0.1) is 12.5 Å². The van der Waals surface area contributed by atoms with Gasteiger partial charge < -0.3 is 4.90 Å². The van der Waals surface area contributed by atoms with Crippen molar-refractivity contribution in [1.29, 1.82) is 5.26 Å². The third kappa shape index (κ3) is 2.94. The molecule has 5 heteroatoms. The monoisotopic (exact) mass is 237 g/mol. The lowest BCUT2D eigenvalue weighted by molar-refractivity contribution is 0.0746. The summed E-state index contributed by atoms with van der Waals surface area (Å²) >= 11 is 5.70. The second-order valence-corrected chi connectivity index (χ2v) is 3.88. The first-order valence-corrected chi connectivity index (χ1v) is 5.19. The molecule has 0 spiro atoms. The van der Waals surface area contributed by atoms with Crippen molar-refractivity contribution in [2.75, 3.05) is 7.05 Å². The number of aromatic nitrogens is 1. The van der Waals surface area contributed by atoms with Crippen molar-refractivity contribution in [3.8, 4) is 6.07 Å². The smallest absolute Gasteiger partial charge is 0.254 e. The molecule has 1 rings (SSSR count). The molecule has 0 saturated heterocycles. The van der Waals surface area contributed by atoms with Gasteiger partial charge in [-0.1, -0.05) is 11.6 Å². The largest absolute Gasteiger partial charge is 0.338 e. The summed E-state index contributed by atoms with van der Waals surface area (Å²) in [7, 11) is 1.67. The average Bonchev–Trinajstić information content (AvgIpc) is 2.27. The molecular formula is C11H12ClN3O. The maximum absolute atomic E-state index is 11.9. The van der Waals surface area contributed by atoms with E-state index in [0.29, 0.717) is 12.0 Å². The normalized spacial score (nSPS) is 11.6. The quantitative estimate of drug-likeness (QED) is 0.757. The van der Waals surface area contributed by atoms with Gasteiger partial charge in [0.2, 0.25) is 0 Å². The minimum Gasteiger partial charge on any atom is -0.338 e. The standard InChI is InChI=1S/C11H12ClN3O/c1-8(3-5-13)15(2)11(16)9-4-6-14-10(12)7-9/h4,6-8H,3H2,1-2H3. The molecule has 0 saturated carbocycles. The van der Waals surface area contributed by atoms with Gasteiger partial charge >= 0.3 is 0 Å². The molecule has 16 heavy (non-hydrogen) atoms. The number of nitriles is 1. The Labute approximate surface area is 99.5 Å². The average molecular weight is 238 g/mol. The Kier molecular flexibility index (Phi) is 4.27. The van der Waals surface area contributed by atoms with Gasteiger partial charge in [0, 0.05) is 24.8 Å². The van der Waals surface area contributed by atoms with E-state index in [1.54, 1.807) is 13.1 Å². The number of hydrogen-bond donors (Lipinski definition) is 0. The van der Waals surface area contributed by atoms with Crippen LogP contribution in [0.3, 0.4) is 0 Å². The van der Waals surface area contributed by atoms with Crippen LogP contribution in [0.2, 0.25) is 5.15 Å². The molecule has 0 N–H and O–H groups in total. The number of halogens is 1. The van der Waals surface area contributed by atoms with Crippen LogP contribution in [0.4, 0.5) is 0 Å². The molecule has 4 nitrogen and oxygen atoms in total. The van der Waals surface area contributed by atoms with Gasteiger partial charge in [-0.25, -0.2) is 4.98 Å². The fraction of sp³-hybridized carbons (Fsp3) is 0.364. The fourth-order valence-electron chi connectivity index (χ4n) is 1.21. The summed E-state index contributed by atoms with van der Waals surface area (Å²) in [6.07, 6.45) is 1.79. The first-order valence-electron chi connectivity index (χ1n) is 4.82. The van der Waals surface area contributed by atoms with E-state index >= 15 is 0 Å². The first-order chi connectivity index (χ1) is 7.56. The van der Waals surface area contributed by atoms with Gasteiger partial charge in [-0.2, -0.15) is 5.26 Å². The minimum absolute atomic E-state index is 0.121. The number of amides is 1. The molecule has 0 radical (unpaired) electrons. The summed E-state index contributed by atoms with van der Waals surface area (Å²) in [4.78, 5) is 17.3. The molecule has 0 aliphatic rings. The Morgan fingerprint density at radius 2 is 2.44 bits per heavy atom. The van der Waals surface area contributed by atoms with Crippen molar-refractivity contribution in [1.82, 2.24) is 9.88 Å². The molecule has 1 atom stereocenters. The van der Waals surface area contributed by atoms with Crippen LogP contribution in [0, 0.1) is 11.3 Å². The Bertz CT molecular complexity index is 427. The van der Waals surface area contributed by atoms with Crippen LogP contribution in [-0.4, -0.2) is 28.9 Å². The highest BCUT2D eigenvalue weighted by molar-refractivity contribution is 6.29. The molecule has 1 amide bonds. The predicted octanol–water partition coefficient (Wildman–Crippen LogP) is 2.11. The maximum atomic E-state index is 11.9. The highest BCUT2D eigenvalue weighted by Crippen LogP contribution is 2.11. The van der Waals surface area contributed by atoms with E-state index in [1.165, 1.54) is 17.2 Å². The lowest BCUT2D eigenvalue weighted by Gasteiger charge is -2.22. The third-order valence-electron chi connectivity index (χ3n) is 2.34. The van der Waals surface area contributed by atoms with Crippen LogP contribution < -0.4 is 0 Å². The van der Waals surface area contributed by atoms with E-state index in [1.807, 2.05) is 13.0 Å². The minimum atomic E-state index is -0.160. The zero-order chi connectivity index (χ0) is 12.1. The molecule has 1 unspecified atom stereocenters. The van der Waals surface area contributed by atoms with E-state index in [4.69, 9.17) is 16.9 Å². The SMILES string of the molecule is CC(CC#N)N(C)C(=O)c1ccnc(Cl)c1. The summed E-state index contributed by atoms with van der Waals surface area (Å²) in [5.41, 5.74) is 0.479. The Balaban J connectivity index is 2.82. The number of pyridine rings is 1. The van der Waals surface area contributed by atoms with Crippen LogP contribution in [-0.2, 0) is 0 Å². The molecule has 0 fully saturated rings. The van der Waals surface area contributed by atoms with E-state index in [-0.39, 0.29) is 17.1 Å². The molecule has 0 aromatic carbocycles. The van der Waals surface area contributed by atoms with Crippen LogP contribution >= 0.6 is 11.6 Å². The van der Waals surface area contributed by atoms with Crippen molar-refractivity contribution in [2.24, 2.45) is 0 Å². The Morgan fingerprint density at radius 3 is 3.00 bits per heavy atom. The van der Waals surface area contributed by atoms with Gasteiger partial charge in [0.1, 0.15) is 5.15 Å². The molecular weight excluding hydrogens is 226 g/mol. The highest BCUT2D eigenvalue weighted by Gasteiger charge is 2.17. The van der Waals surface area contributed by atoms with Crippen molar-refractivity contribution >= 4 is 17.5 Å². The number of nitrogens with zero attached hydrogens (tertiary/aromatic N) is 3. The zero-order valence-electron chi connectivity index (χ0n) is 9.14. The summed E-state index contributed by atoms with van der Waals surface area (Å²) in [6, 6.07) is 5.03. The van der Waals surface area contributed by atoms with E-state index in [2.05, 4.69) is 4.98 Å². The first kappa shape index (κ1) is 12.5. The van der Waals surface area contributed by atoms with Crippen LogP contribution in [0.15, 0.2) is 18.3 Å². The summed E-state index contributed by atoms with van der Waals surface area (Å²) in [6.45, 7) is 1.82. The number of hydrogen-bond acceptors (Lipinski definition) is 3. The van der Waals surface area contributed by atoms with Crippen LogP contribution in [0.25, 0.3) is 0 Å². The van der Waals surface area contributed by atoms with Crippen molar-refractivity contribution < 1.29 is 4.79 Å².